The number of piperidine rings is 1. The second-order valence-electron chi connectivity index (χ2n) is 8.13. The van der Waals surface area contributed by atoms with E-state index in [9.17, 15) is 13.6 Å². The molecule has 5 nitrogen and oxygen atoms in total. The van der Waals surface area contributed by atoms with Gasteiger partial charge in [-0.2, -0.15) is 0 Å². The summed E-state index contributed by atoms with van der Waals surface area (Å²) in [6, 6.07) is 7.18. The molecule has 1 saturated heterocycles. The number of halogens is 2. The standard InChI is InChI=1S/C22H26F2N2O3/c1-22(2,24)14-26-9-7-15(8-10-26)13-29-20-6-4-17(12-25-20)18-5-3-16(21(27)28)11-19(18)23/h3-6,11-12,15H,7-10,13-14H2,1-2H3,(H,27,28). The maximum atomic E-state index is 14.2. The zero-order valence-corrected chi connectivity index (χ0v) is 16.7. The molecule has 0 amide bonds. The van der Waals surface area contributed by atoms with Gasteiger partial charge in [-0.1, -0.05) is 6.07 Å². The molecule has 0 radical (unpaired) electrons. The minimum atomic E-state index is -1.18. The molecule has 0 spiro atoms. The third-order valence-corrected chi connectivity index (χ3v) is 5.04. The van der Waals surface area contributed by atoms with Gasteiger partial charge in [0.2, 0.25) is 5.88 Å². The van der Waals surface area contributed by atoms with Crippen LogP contribution in [-0.4, -0.2) is 52.9 Å². The molecule has 1 N–H and O–H groups in total. The smallest absolute Gasteiger partial charge is 0.335 e. The number of alkyl halides is 1. The van der Waals surface area contributed by atoms with Gasteiger partial charge in [0, 0.05) is 29.9 Å². The number of carbonyl (C=O) groups is 1. The van der Waals surface area contributed by atoms with E-state index in [0.717, 1.165) is 32.0 Å². The molecule has 0 bridgehead atoms. The third kappa shape index (κ3) is 5.97. The first-order valence-electron chi connectivity index (χ1n) is 9.74. The minimum absolute atomic E-state index is 0.0970. The number of carboxylic acid groups (broad SMARTS) is 1. The van der Waals surface area contributed by atoms with Gasteiger partial charge < -0.3 is 14.7 Å². The van der Waals surface area contributed by atoms with Crippen molar-refractivity contribution in [2.24, 2.45) is 5.92 Å². The molecule has 1 aliphatic heterocycles. The fourth-order valence-corrected chi connectivity index (χ4v) is 3.55. The number of aromatic nitrogens is 1. The Labute approximate surface area is 169 Å². The van der Waals surface area contributed by atoms with E-state index in [2.05, 4.69) is 9.88 Å². The number of carboxylic acids is 1. The zero-order chi connectivity index (χ0) is 21.0. The van der Waals surface area contributed by atoms with Crippen molar-refractivity contribution in [1.82, 2.24) is 9.88 Å². The lowest BCUT2D eigenvalue weighted by atomic mass is 9.97. The van der Waals surface area contributed by atoms with E-state index in [1.807, 2.05) is 0 Å². The number of pyridine rings is 1. The summed E-state index contributed by atoms with van der Waals surface area (Å²) in [6.07, 6.45) is 3.42. The first-order chi connectivity index (χ1) is 13.7. The molecule has 0 unspecified atom stereocenters. The first-order valence-corrected chi connectivity index (χ1v) is 9.74. The van der Waals surface area contributed by atoms with Gasteiger partial charge in [-0.05, 0) is 63.9 Å². The highest BCUT2D eigenvalue weighted by molar-refractivity contribution is 5.88. The molecule has 0 saturated carbocycles. The van der Waals surface area contributed by atoms with Crippen molar-refractivity contribution < 1.29 is 23.4 Å². The Hall–Kier alpha value is -2.54. The highest BCUT2D eigenvalue weighted by atomic mass is 19.1. The lowest BCUT2D eigenvalue weighted by molar-refractivity contribution is 0.0696. The first kappa shape index (κ1) is 21.2. The summed E-state index contributed by atoms with van der Waals surface area (Å²) in [5, 5.41) is 8.92. The van der Waals surface area contributed by atoms with Gasteiger partial charge in [-0.25, -0.2) is 18.6 Å². The average molecular weight is 404 g/mol. The summed E-state index contributed by atoms with van der Waals surface area (Å²) in [6.45, 7) is 5.92. The Bertz CT molecular complexity index is 842. The Morgan fingerprint density at radius 1 is 1.28 bits per heavy atom. The predicted octanol–water partition coefficient (Wildman–Crippen LogP) is 4.42. The molecule has 156 valence electrons. The van der Waals surface area contributed by atoms with E-state index in [-0.39, 0.29) is 11.1 Å². The average Bonchev–Trinajstić information content (AvgIpc) is 2.66. The second-order valence-corrected chi connectivity index (χ2v) is 8.13. The van der Waals surface area contributed by atoms with E-state index >= 15 is 0 Å². The van der Waals surface area contributed by atoms with Crippen LogP contribution in [0.25, 0.3) is 11.1 Å². The fraction of sp³-hybridized carbons (Fsp3) is 0.455. The Morgan fingerprint density at radius 3 is 2.55 bits per heavy atom. The van der Waals surface area contributed by atoms with Crippen LogP contribution in [0.1, 0.15) is 37.0 Å². The number of likely N-dealkylation sites (tertiary alicyclic amines) is 1. The quantitative estimate of drug-likeness (QED) is 0.740. The van der Waals surface area contributed by atoms with Crippen molar-refractivity contribution in [3.8, 4) is 17.0 Å². The molecular weight excluding hydrogens is 378 g/mol. The number of hydrogen-bond acceptors (Lipinski definition) is 4. The predicted molar refractivity (Wildman–Crippen MR) is 106 cm³/mol. The van der Waals surface area contributed by atoms with E-state index in [0.29, 0.717) is 30.5 Å². The Kier molecular flexibility index (Phi) is 6.47. The molecular formula is C22H26F2N2O3. The monoisotopic (exact) mass is 404 g/mol. The molecule has 7 heteroatoms. The summed E-state index contributed by atoms with van der Waals surface area (Å²) in [7, 11) is 0. The molecule has 0 aliphatic carbocycles. The van der Waals surface area contributed by atoms with Crippen LogP contribution >= 0.6 is 0 Å². The molecule has 2 heterocycles. The van der Waals surface area contributed by atoms with Gasteiger partial charge in [0.25, 0.3) is 0 Å². The van der Waals surface area contributed by atoms with E-state index < -0.39 is 17.5 Å². The number of ether oxygens (including phenoxy) is 1. The van der Waals surface area contributed by atoms with Crippen LogP contribution in [0.3, 0.4) is 0 Å². The van der Waals surface area contributed by atoms with Crippen LogP contribution in [0, 0.1) is 11.7 Å². The van der Waals surface area contributed by atoms with Crippen molar-refractivity contribution in [2.75, 3.05) is 26.2 Å². The van der Waals surface area contributed by atoms with Gasteiger partial charge in [0.05, 0.1) is 12.2 Å². The van der Waals surface area contributed by atoms with Crippen molar-refractivity contribution in [3.63, 3.8) is 0 Å². The van der Waals surface area contributed by atoms with Gasteiger partial charge in [-0.15, -0.1) is 0 Å². The van der Waals surface area contributed by atoms with Crippen LogP contribution in [0.15, 0.2) is 36.5 Å². The van der Waals surface area contributed by atoms with Crippen LogP contribution in [0.2, 0.25) is 0 Å². The Morgan fingerprint density at radius 2 is 2.00 bits per heavy atom. The number of nitrogens with zero attached hydrogens (tertiary/aromatic N) is 2. The topological polar surface area (TPSA) is 62.7 Å². The molecule has 1 aliphatic rings. The summed E-state index contributed by atoms with van der Waals surface area (Å²) in [5.41, 5.74) is -0.436. The highest BCUT2D eigenvalue weighted by Gasteiger charge is 2.25. The number of rotatable bonds is 7. The van der Waals surface area contributed by atoms with Crippen LogP contribution in [-0.2, 0) is 0 Å². The van der Waals surface area contributed by atoms with Crippen LogP contribution in [0.5, 0.6) is 5.88 Å². The van der Waals surface area contributed by atoms with Crippen LogP contribution in [0.4, 0.5) is 8.78 Å². The summed E-state index contributed by atoms with van der Waals surface area (Å²) in [4.78, 5) is 17.3. The SMILES string of the molecule is CC(C)(F)CN1CCC(COc2ccc(-c3ccc(C(=O)O)cc3F)cn2)CC1. The van der Waals surface area contributed by atoms with Crippen molar-refractivity contribution in [2.45, 2.75) is 32.4 Å². The van der Waals surface area contributed by atoms with Crippen molar-refractivity contribution >= 4 is 5.97 Å². The molecule has 29 heavy (non-hydrogen) atoms. The summed E-state index contributed by atoms with van der Waals surface area (Å²) >= 11 is 0. The molecule has 1 fully saturated rings. The fourth-order valence-electron chi connectivity index (χ4n) is 3.55. The van der Waals surface area contributed by atoms with Crippen molar-refractivity contribution in [1.29, 1.82) is 0 Å². The molecule has 0 atom stereocenters. The molecule has 1 aromatic heterocycles. The Balaban J connectivity index is 1.52. The maximum absolute atomic E-state index is 14.2. The maximum Gasteiger partial charge on any atom is 0.335 e. The molecule has 3 rings (SSSR count). The van der Waals surface area contributed by atoms with E-state index in [4.69, 9.17) is 9.84 Å². The zero-order valence-electron chi connectivity index (χ0n) is 16.7. The van der Waals surface area contributed by atoms with Crippen molar-refractivity contribution in [3.05, 3.63) is 47.9 Å². The number of hydrogen-bond donors (Lipinski definition) is 1. The minimum Gasteiger partial charge on any atom is -0.478 e. The lowest BCUT2D eigenvalue weighted by Gasteiger charge is -2.34. The van der Waals surface area contributed by atoms with Gasteiger partial charge in [-0.3, -0.25) is 0 Å². The molecule has 2 aromatic rings. The number of benzene rings is 1. The highest BCUT2D eigenvalue weighted by Crippen LogP contribution is 2.25. The largest absolute Gasteiger partial charge is 0.478 e. The summed E-state index contributed by atoms with van der Waals surface area (Å²) in [5.74, 6) is -0.916. The van der Waals surface area contributed by atoms with Crippen LogP contribution < -0.4 is 4.74 Å². The van der Waals surface area contributed by atoms with Gasteiger partial charge in [0.15, 0.2) is 0 Å². The second kappa shape index (κ2) is 8.86. The third-order valence-electron chi connectivity index (χ3n) is 5.04. The van der Waals surface area contributed by atoms with Gasteiger partial charge in [0.1, 0.15) is 11.5 Å². The molecule has 1 aromatic carbocycles. The lowest BCUT2D eigenvalue weighted by Crippen LogP contribution is -2.41. The van der Waals surface area contributed by atoms with E-state index in [1.165, 1.54) is 18.3 Å². The van der Waals surface area contributed by atoms with E-state index in [1.54, 1.807) is 26.0 Å². The normalized spacial score (nSPS) is 16.0. The van der Waals surface area contributed by atoms with Gasteiger partial charge >= 0.3 is 5.97 Å². The number of aromatic carboxylic acids is 1. The summed E-state index contributed by atoms with van der Waals surface area (Å²) < 4.78 is 33.7.